The van der Waals surface area contributed by atoms with E-state index >= 15 is 0 Å². The van der Waals surface area contributed by atoms with E-state index in [0.717, 1.165) is 36.5 Å². The first-order chi connectivity index (χ1) is 15.3. The number of nitrogens with one attached hydrogen (secondary N) is 2. The van der Waals surface area contributed by atoms with E-state index in [-0.39, 0.29) is 5.75 Å². The standard InChI is InChI=1S/C24H22F3N3O2/c1-16-14-15-30(21-8-4-2-6-19(16)21)22-9-5-3-7-20(22)29-23(31)28-17-10-12-18(13-11-17)32-24(25,26)27/h2-13,16H,14-15H2,1H3,(H2,28,29,31). The van der Waals surface area contributed by atoms with Crippen molar-refractivity contribution in [1.29, 1.82) is 0 Å². The third-order valence-corrected chi connectivity index (χ3v) is 5.33. The van der Waals surface area contributed by atoms with Gasteiger partial charge in [0.15, 0.2) is 0 Å². The molecular formula is C24H22F3N3O2. The molecule has 0 bridgehead atoms. The van der Waals surface area contributed by atoms with Crippen LogP contribution in [0.4, 0.5) is 40.7 Å². The highest BCUT2D eigenvalue weighted by molar-refractivity contribution is 6.02. The number of carbonyl (C=O) groups is 1. The first-order valence-corrected chi connectivity index (χ1v) is 10.2. The van der Waals surface area contributed by atoms with Gasteiger partial charge in [0.2, 0.25) is 0 Å². The molecule has 1 aliphatic heterocycles. The van der Waals surface area contributed by atoms with E-state index < -0.39 is 12.4 Å². The second-order valence-electron chi connectivity index (χ2n) is 7.57. The molecule has 2 N–H and O–H groups in total. The summed E-state index contributed by atoms with van der Waals surface area (Å²) in [6.07, 6.45) is -3.77. The number of alkyl halides is 3. The zero-order chi connectivity index (χ0) is 22.7. The van der Waals surface area contributed by atoms with Gasteiger partial charge in [-0.05, 0) is 60.4 Å². The van der Waals surface area contributed by atoms with Gasteiger partial charge in [-0.15, -0.1) is 13.2 Å². The number of amides is 2. The van der Waals surface area contributed by atoms with E-state index in [9.17, 15) is 18.0 Å². The van der Waals surface area contributed by atoms with Gasteiger partial charge in [-0.2, -0.15) is 0 Å². The van der Waals surface area contributed by atoms with Crippen molar-refractivity contribution >= 4 is 28.8 Å². The van der Waals surface area contributed by atoms with Crippen LogP contribution in [0.2, 0.25) is 0 Å². The summed E-state index contributed by atoms with van der Waals surface area (Å²) in [4.78, 5) is 14.8. The largest absolute Gasteiger partial charge is 0.573 e. The third-order valence-electron chi connectivity index (χ3n) is 5.33. The predicted octanol–water partition coefficient (Wildman–Crippen LogP) is 6.87. The number of urea groups is 1. The zero-order valence-electron chi connectivity index (χ0n) is 17.3. The Balaban J connectivity index is 1.49. The third kappa shape index (κ3) is 4.96. The summed E-state index contributed by atoms with van der Waals surface area (Å²) in [6.45, 7) is 3.03. The topological polar surface area (TPSA) is 53.6 Å². The van der Waals surface area contributed by atoms with Crippen LogP contribution in [0.25, 0.3) is 0 Å². The molecule has 3 aromatic carbocycles. The van der Waals surface area contributed by atoms with Crippen LogP contribution >= 0.6 is 0 Å². The maximum Gasteiger partial charge on any atom is 0.573 e. The van der Waals surface area contributed by atoms with Gasteiger partial charge in [-0.1, -0.05) is 37.3 Å². The van der Waals surface area contributed by atoms with Crippen LogP contribution < -0.4 is 20.3 Å². The summed E-state index contributed by atoms with van der Waals surface area (Å²) in [6, 6.07) is 20.2. The predicted molar refractivity (Wildman–Crippen MR) is 119 cm³/mol. The first-order valence-electron chi connectivity index (χ1n) is 10.2. The summed E-state index contributed by atoms with van der Waals surface area (Å²) in [7, 11) is 0. The summed E-state index contributed by atoms with van der Waals surface area (Å²) in [5.41, 5.74) is 4.22. The molecular weight excluding hydrogens is 419 g/mol. The molecule has 4 rings (SSSR count). The number of fused-ring (bicyclic) bond motifs is 1. The molecule has 0 radical (unpaired) electrons. The molecule has 1 atom stereocenters. The van der Waals surface area contributed by atoms with E-state index in [1.165, 1.54) is 17.7 Å². The number of nitrogens with zero attached hydrogens (tertiary/aromatic N) is 1. The van der Waals surface area contributed by atoms with Crippen LogP contribution in [0, 0.1) is 0 Å². The van der Waals surface area contributed by atoms with Gasteiger partial charge in [0.05, 0.1) is 11.4 Å². The van der Waals surface area contributed by atoms with E-state index in [2.05, 4.69) is 39.3 Å². The number of benzene rings is 3. The van der Waals surface area contributed by atoms with E-state index in [4.69, 9.17) is 0 Å². The maximum atomic E-state index is 12.6. The van der Waals surface area contributed by atoms with Crippen molar-refractivity contribution in [3.8, 4) is 5.75 Å². The number of hydrogen-bond donors (Lipinski definition) is 2. The second kappa shape index (κ2) is 8.82. The minimum atomic E-state index is -4.76. The average Bonchev–Trinajstić information content (AvgIpc) is 2.75. The quantitative estimate of drug-likeness (QED) is 0.464. The lowest BCUT2D eigenvalue weighted by Gasteiger charge is -2.35. The fourth-order valence-corrected chi connectivity index (χ4v) is 3.84. The van der Waals surface area contributed by atoms with Gasteiger partial charge < -0.3 is 20.3 Å². The Bertz CT molecular complexity index is 1100. The molecule has 166 valence electrons. The highest BCUT2D eigenvalue weighted by Gasteiger charge is 2.31. The molecule has 8 heteroatoms. The smallest absolute Gasteiger partial charge is 0.406 e. The molecule has 0 aromatic heterocycles. The van der Waals surface area contributed by atoms with Gasteiger partial charge >= 0.3 is 12.4 Å². The van der Waals surface area contributed by atoms with Crippen molar-refractivity contribution < 1.29 is 22.7 Å². The molecule has 0 saturated carbocycles. The molecule has 32 heavy (non-hydrogen) atoms. The van der Waals surface area contributed by atoms with Crippen LogP contribution in [-0.2, 0) is 0 Å². The Morgan fingerprint density at radius 1 is 0.938 bits per heavy atom. The fraction of sp³-hybridized carbons (Fsp3) is 0.208. The highest BCUT2D eigenvalue weighted by atomic mass is 19.4. The Kier molecular flexibility index (Phi) is 5.94. The minimum absolute atomic E-state index is 0.339. The van der Waals surface area contributed by atoms with E-state index in [0.29, 0.717) is 17.3 Å². The van der Waals surface area contributed by atoms with Crippen LogP contribution in [-0.4, -0.2) is 18.9 Å². The monoisotopic (exact) mass is 441 g/mol. The Morgan fingerprint density at radius 2 is 1.59 bits per heavy atom. The summed E-state index contributed by atoms with van der Waals surface area (Å²) in [5, 5.41) is 5.48. The molecule has 1 aliphatic rings. The van der Waals surface area contributed by atoms with Gasteiger partial charge in [0.25, 0.3) is 0 Å². The Hall–Kier alpha value is -3.68. The lowest BCUT2D eigenvalue weighted by molar-refractivity contribution is -0.274. The van der Waals surface area contributed by atoms with Gasteiger partial charge in [0, 0.05) is 17.9 Å². The molecule has 0 spiro atoms. The number of anilines is 4. The number of ether oxygens (including phenoxy) is 1. The molecule has 3 aromatic rings. The van der Waals surface area contributed by atoms with Crippen LogP contribution in [0.15, 0.2) is 72.8 Å². The molecule has 2 amide bonds. The van der Waals surface area contributed by atoms with Crippen molar-refractivity contribution in [3.05, 3.63) is 78.4 Å². The number of hydrogen-bond acceptors (Lipinski definition) is 3. The fourth-order valence-electron chi connectivity index (χ4n) is 3.84. The van der Waals surface area contributed by atoms with E-state index in [1.807, 2.05) is 36.4 Å². The second-order valence-corrected chi connectivity index (χ2v) is 7.57. The molecule has 1 heterocycles. The van der Waals surface area contributed by atoms with Crippen molar-refractivity contribution in [3.63, 3.8) is 0 Å². The normalized spacial score (nSPS) is 15.6. The first kappa shape index (κ1) is 21.5. The molecule has 0 fully saturated rings. The Morgan fingerprint density at radius 3 is 2.31 bits per heavy atom. The lowest BCUT2D eigenvalue weighted by atomic mass is 9.91. The molecule has 5 nitrogen and oxygen atoms in total. The number of para-hydroxylation sites is 3. The summed E-state index contributed by atoms with van der Waals surface area (Å²) < 4.78 is 40.7. The van der Waals surface area contributed by atoms with Gasteiger partial charge in [-0.3, -0.25) is 0 Å². The summed E-state index contributed by atoms with van der Waals surface area (Å²) >= 11 is 0. The van der Waals surface area contributed by atoms with Crippen LogP contribution in [0.5, 0.6) is 5.75 Å². The van der Waals surface area contributed by atoms with Crippen LogP contribution in [0.3, 0.4) is 0 Å². The maximum absolute atomic E-state index is 12.6. The van der Waals surface area contributed by atoms with Crippen molar-refractivity contribution in [2.75, 3.05) is 22.1 Å². The Labute approximate surface area is 183 Å². The van der Waals surface area contributed by atoms with Crippen LogP contribution in [0.1, 0.15) is 24.8 Å². The number of carbonyl (C=O) groups excluding carboxylic acids is 1. The summed E-state index contributed by atoms with van der Waals surface area (Å²) in [5.74, 6) is 0.0990. The lowest BCUT2D eigenvalue weighted by Crippen LogP contribution is -2.28. The number of halogens is 3. The zero-order valence-corrected chi connectivity index (χ0v) is 17.3. The van der Waals surface area contributed by atoms with Crippen molar-refractivity contribution in [1.82, 2.24) is 0 Å². The van der Waals surface area contributed by atoms with Crippen molar-refractivity contribution in [2.24, 2.45) is 0 Å². The van der Waals surface area contributed by atoms with E-state index in [1.54, 1.807) is 0 Å². The highest BCUT2D eigenvalue weighted by Crippen LogP contribution is 2.41. The van der Waals surface area contributed by atoms with Crippen molar-refractivity contribution in [2.45, 2.75) is 25.6 Å². The molecule has 0 saturated heterocycles. The minimum Gasteiger partial charge on any atom is -0.406 e. The molecule has 0 aliphatic carbocycles. The van der Waals surface area contributed by atoms with Gasteiger partial charge in [0.1, 0.15) is 5.75 Å². The van der Waals surface area contributed by atoms with Gasteiger partial charge in [-0.25, -0.2) is 4.79 Å². The average molecular weight is 441 g/mol. The molecule has 1 unspecified atom stereocenters. The SMILES string of the molecule is CC1CCN(c2ccccc2NC(=O)Nc2ccc(OC(F)(F)F)cc2)c2ccccc21. The number of rotatable bonds is 4.